The van der Waals surface area contributed by atoms with Gasteiger partial charge in [-0.1, -0.05) is 0 Å². The van der Waals surface area contributed by atoms with Crippen LogP contribution in [0.4, 0.5) is 36.1 Å². The third kappa shape index (κ3) is 10.1. The number of nitrogens with one attached hydrogen (secondary N) is 2. The SMILES string of the molecule is CNC(=O)C(CCC=O)N1C(=O)c2ccc(N3CCN(CC4CN(CC5CCN(c6ccc(NC(=O)C7CCN(c8ccc(C#N)c(C(F)(F)F)c8)CC7)nc6)CC5)C4)CC3)cc2C1=O. The van der Waals surface area contributed by atoms with E-state index in [-0.39, 0.29) is 30.2 Å². The molecule has 0 aliphatic carbocycles. The zero-order valence-electron chi connectivity index (χ0n) is 36.6. The van der Waals surface area contributed by atoms with E-state index in [0.29, 0.717) is 61.1 Å². The van der Waals surface area contributed by atoms with Gasteiger partial charge in [-0.25, -0.2) is 4.98 Å². The van der Waals surface area contributed by atoms with Crippen LogP contribution < -0.4 is 25.3 Å². The molecule has 2 N–H and O–H groups in total. The molecule has 1 unspecified atom stereocenters. The van der Waals surface area contributed by atoms with E-state index in [0.717, 1.165) is 101 Å². The highest BCUT2D eigenvalue weighted by molar-refractivity contribution is 6.23. The molecular formula is C47H55F3N10O5. The van der Waals surface area contributed by atoms with Gasteiger partial charge in [-0.2, -0.15) is 18.4 Å². The highest BCUT2D eigenvalue weighted by Crippen LogP contribution is 2.36. The van der Waals surface area contributed by atoms with Gasteiger partial charge in [0.1, 0.15) is 18.1 Å². The van der Waals surface area contributed by atoms with Gasteiger partial charge in [-0.05, 0) is 92.5 Å². The van der Waals surface area contributed by atoms with Crippen molar-refractivity contribution >= 4 is 52.8 Å². The molecule has 2 aromatic carbocycles. The van der Waals surface area contributed by atoms with Crippen molar-refractivity contribution in [3.05, 3.63) is 77.0 Å². The molecule has 1 atom stereocenters. The Labute approximate surface area is 376 Å². The van der Waals surface area contributed by atoms with E-state index in [1.54, 1.807) is 24.4 Å². The van der Waals surface area contributed by atoms with Crippen LogP contribution in [-0.4, -0.2) is 141 Å². The third-order valence-corrected chi connectivity index (χ3v) is 13.8. The number of fused-ring (bicyclic) bond motifs is 1. The largest absolute Gasteiger partial charge is 0.417 e. The summed E-state index contributed by atoms with van der Waals surface area (Å²) >= 11 is 0. The number of likely N-dealkylation sites (tertiary alicyclic amines) is 1. The van der Waals surface area contributed by atoms with Crippen LogP contribution in [-0.2, 0) is 20.6 Å². The number of carbonyl (C=O) groups is 5. The fourth-order valence-corrected chi connectivity index (χ4v) is 10.1. The molecule has 4 saturated heterocycles. The lowest BCUT2D eigenvalue weighted by molar-refractivity contribution is -0.137. The number of rotatable bonds is 14. The van der Waals surface area contributed by atoms with E-state index in [1.807, 2.05) is 23.1 Å². The van der Waals surface area contributed by atoms with Crippen molar-refractivity contribution in [2.24, 2.45) is 17.8 Å². The van der Waals surface area contributed by atoms with Crippen LogP contribution in [0.5, 0.6) is 0 Å². The van der Waals surface area contributed by atoms with E-state index in [4.69, 9.17) is 5.26 Å². The molecule has 4 amide bonds. The summed E-state index contributed by atoms with van der Waals surface area (Å²) in [7, 11) is 1.44. The molecular weight excluding hydrogens is 842 g/mol. The number of hydrogen-bond acceptors (Lipinski definition) is 12. The van der Waals surface area contributed by atoms with Gasteiger partial charge >= 0.3 is 6.18 Å². The molecule has 3 aromatic rings. The summed E-state index contributed by atoms with van der Waals surface area (Å²) in [6.07, 6.45) is 1.15. The number of halogens is 3. The number of pyridine rings is 1. The summed E-state index contributed by atoms with van der Waals surface area (Å²) in [4.78, 5) is 80.3. The van der Waals surface area contributed by atoms with Gasteiger partial charge in [0.05, 0.1) is 40.2 Å². The number of benzene rings is 2. The average molecular weight is 897 g/mol. The second-order valence-electron chi connectivity index (χ2n) is 17.9. The fraction of sp³-hybridized carbons (Fsp3) is 0.511. The van der Waals surface area contributed by atoms with Gasteiger partial charge in [0, 0.05) is 109 Å². The summed E-state index contributed by atoms with van der Waals surface area (Å²) in [5, 5.41) is 14.5. The number of imide groups is 1. The minimum atomic E-state index is -4.62. The van der Waals surface area contributed by atoms with Gasteiger partial charge in [0.25, 0.3) is 11.8 Å². The lowest BCUT2D eigenvalue weighted by Gasteiger charge is -2.46. The monoisotopic (exact) mass is 896 g/mol. The number of hydrogen-bond donors (Lipinski definition) is 2. The van der Waals surface area contributed by atoms with Crippen LogP contribution in [0.2, 0.25) is 0 Å². The Morgan fingerprint density at radius 3 is 2.06 bits per heavy atom. The molecule has 18 heteroatoms. The topological polar surface area (TPSA) is 166 Å². The van der Waals surface area contributed by atoms with Gasteiger partial charge in [-0.15, -0.1) is 0 Å². The van der Waals surface area contributed by atoms with Gasteiger partial charge in [-0.3, -0.25) is 29.0 Å². The molecule has 0 saturated carbocycles. The Kier molecular flexibility index (Phi) is 13.7. The number of alkyl halides is 3. The van der Waals surface area contributed by atoms with Crippen molar-refractivity contribution in [2.75, 3.05) is 106 Å². The zero-order chi connectivity index (χ0) is 45.8. The molecule has 15 nitrogen and oxygen atoms in total. The van der Waals surface area contributed by atoms with Crippen molar-refractivity contribution in [3.8, 4) is 6.07 Å². The van der Waals surface area contributed by atoms with E-state index in [2.05, 4.69) is 35.2 Å². The molecule has 344 valence electrons. The molecule has 0 radical (unpaired) electrons. The fourth-order valence-electron chi connectivity index (χ4n) is 10.1. The minimum absolute atomic E-state index is 0.0608. The summed E-state index contributed by atoms with van der Waals surface area (Å²) in [5.74, 6) is -0.203. The number of nitriles is 1. The maximum absolute atomic E-state index is 13.5. The van der Waals surface area contributed by atoms with Crippen LogP contribution in [0.25, 0.3) is 0 Å². The predicted octanol–water partition coefficient (Wildman–Crippen LogP) is 4.49. The van der Waals surface area contributed by atoms with Crippen molar-refractivity contribution in [1.29, 1.82) is 5.26 Å². The van der Waals surface area contributed by atoms with Crippen molar-refractivity contribution < 1.29 is 37.1 Å². The minimum Gasteiger partial charge on any atom is -0.371 e. The summed E-state index contributed by atoms with van der Waals surface area (Å²) in [5.41, 5.74) is 1.50. The van der Waals surface area contributed by atoms with Crippen molar-refractivity contribution in [3.63, 3.8) is 0 Å². The van der Waals surface area contributed by atoms with E-state index in [1.165, 1.54) is 19.2 Å². The Morgan fingerprint density at radius 1 is 0.800 bits per heavy atom. The van der Waals surface area contributed by atoms with Gasteiger partial charge < -0.3 is 35.0 Å². The quantitative estimate of drug-likeness (QED) is 0.173. The average Bonchev–Trinajstić information content (AvgIpc) is 3.56. The lowest BCUT2D eigenvalue weighted by atomic mass is 9.92. The smallest absolute Gasteiger partial charge is 0.371 e. The molecule has 5 aliphatic rings. The molecule has 65 heavy (non-hydrogen) atoms. The first-order chi connectivity index (χ1) is 31.3. The van der Waals surface area contributed by atoms with Crippen molar-refractivity contribution in [2.45, 2.75) is 50.7 Å². The number of aromatic nitrogens is 1. The highest BCUT2D eigenvalue weighted by Gasteiger charge is 2.43. The molecule has 0 spiro atoms. The molecule has 4 fully saturated rings. The number of nitrogens with zero attached hydrogens (tertiary/aromatic N) is 8. The maximum atomic E-state index is 13.5. The number of carbonyl (C=O) groups excluding carboxylic acids is 5. The zero-order valence-corrected chi connectivity index (χ0v) is 36.6. The molecule has 5 aliphatic heterocycles. The van der Waals surface area contributed by atoms with Crippen LogP contribution in [0, 0.1) is 29.1 Å². The predicted molar refractivity (Wildman–Crippen MR) is 238 cm³/mol. The molecule has 0 bridgehead atoms. The van der Waals surface area contributed by atoms with Crippen LogP contribution in [0.15, 0.2) is 54.7 Å². The first-order valence-electron chi connectivity index (χ1n) is 22.6. The Bertz CT molecular complexity index is 2290. The summed E-state index contributed by atoms with van der Waals surface area (Å²) in [6.45, 7) is 10.5. The maximum Gasteiger partial charge on any atom is 0.417 e. The third-order valence-electron chi connectivity index (χ3n) is 13.8. The standard InChI is InChI=1S/C47H55F3N10O5/c1-52-44(63)41(3-2-22-61)60-45(64)38-8-6-35(23-39(38)46(60)65)59-20-18-55(19-21-59)28-32-29-56(30-32)27-31-10-14-58(15-11-31)37-7-9-42(53-26-37)54-43(62)33-12-16-57(17-13-33)36-5-4-34(25-51)40(24-36)47(48,49)50/h4-9,22-24,26,31-33,41H,2-3,10-21,27-30H2,1H3,(H,52,63)(H,53,54,62). The lowest BCUT2D eigenvalue weighted by Crippen LogP contribution is -2.56. The molecule has 8 rings (SSSR count). The second-order valence-corrected chi connectivity index (χ2v) is 17.9. The number of amides is 4. The number of anilines is 4. The normalized spacial score (nSPS) is 19.7. The molecule has 1 aromatic heterocycles. The van der Waals surface area contributed by atoms with Crippen molar-refractivity contribution in [1.82, 2.24) is 25.0 Å². The Hall–Kier alpha value is -6.06. The molecule has 6 heterocycles. The van der Waals surface area contributed by atoms with E-state index in [9.17, 15) is 37.1 Å². The van der Waals surface area contributed by atoms with E-state index >= 15 is 0 Å². The second kappa shape index (κ2) is 19.6. The number of aldehydes is 1. The summed E-state index contributed by atoms with van der Waals surface area (Å²) in [6, 6.07) is 13.4. The van der Waals surface area contributed by atoms with Crippen LogP contribution in [0.3, 0.4) is 0 Å². The van der Waals surface area contributed by atoms with Gasteiger partial charge in [0.15, 0.2) is 0 Å². The first-order valence-corrected chi connectivity index (χ1v) is 22.6. The first kappa shape index (κ1) is 45.5. The Balaban J connectivity index is 0.718. The highest BCUT2D eigenvalue weighted by atomic mass is 19.4. The van der Waals surface area contributed by atoms with Crippen LogP contribution in [0.1, 0.15) is 70.4 Å². The van der Waals surface area contributed by atoms with Crippen LogP contribution >= 0.6 is 0 Å². The van der Waals surface area contributed by atoms with Gasteiger partial charge in [0.2, 0.25) is 11.8 Å². The number of piperidine rings is 2. The number of piperazine rings is 1. The number of likely N-dealkylation sites (N-methyl/N-ethyl adjacent to an activating group) is 1. The summed E-state index contributed by atoms with van der Waals surface area (Å²) < 4.78 is 40.5. The Morgan fingerprint density at radius 2 is 1.42 bits per heavy atom. The van der Waals surface area contributed by atoms with E-state index < -0.39 is 41.1 Å².